The summed E-state index contributed by atoms with van der Waals surface area (Å²) in [5.74, 6) is -0.936. The molecule has 0 bridgehead atoms. The summed E-state index contributed by atoms with van der Waals surface area (Å²) in [6.07, 6.45) is 5.98. The highest BCUT2D eigenvalue weighted by molar-refractivity contribution is 6.03. The van der Waals surface area contributed by atoms with E-state index in [1.54, 1.807) is 24.3 Å². The van der Waals surface area contributed by atoms with E-state index in [0.29, 0.717) is 6.61 Å². The fourth-order valence-electron chi connectivity index (χ4n) is 2.94. The van der Waals surface area contributed by atoms with Crippen LogP contribution in [0.25, 0.3) is 0 Å². The lowest BCUT2D eigenvalue weighted by molar-refractivity contribution is 0.0244. The van der Waals surface area contributed by atoms with Crippen LogP contribution in [0.2, 0.25) is 0 Å². The van der Waals surface area contributed by atoms with E-state index >= 15 is 0 Å². The van der Waals surface area contributed by atoms with Gasteiger partial charge in [-0.3, -0.25) is 0 Å². The smallest absolute Gasteiger partial charge is 0.339 e. The Morgan fingerprint density at radius 1 is 0.962 bits per heavy atom. The third-order valence-corrected chi connectivity index (χ3v) is 4.06. The molecule has 1 unspecified atom stereocenters. The van der Waals surface area contributed by atoms with Gasteiger partial charge in [-0.15, -0.1) is 0 Å². The van der Waals surface area contributed by atoms with Crippen LogP contribution in [-0.2, 0) is 9.47 Å². The van der Waals surface area contributed by atoms with Gasteiger partial charge in [0.25, 0.3) is 0 Å². The van der Waals surface area contributed by atoms with E-state index in [1.807, 2.05) is 6.92 Å². The lowest BCUT2D eigenvalue weighted by Gasteiger charge is -2.23. The summed E-state index contributed by atoms with van der Waals surface area (Å²) in [7, 11) is 0. The molecule has 1 aromatic carbocycles. The first-order valence-electron chi connectivity index (χ1n) is 9.71. The summed E-state index contributed by atoms with van der Waals surface area (Å²) < 4.78 is 10.9. The van der Waals surface area contributed by atoms with Crippen molar-refractivity contribution in [1.82, 2.24) is 0 Å². The van der Waals surface area contributed by atoms with Crippen molar-refractivity contribution in [3.63, 3.8) is 0 Å². The topological polar surface area (TPSA) is 52.6 Å². The molecule has 0 fully saturated rings. The van der Waals surface area contributed by atoms with Crippen molar-refractivity contribution < 1.29 is 19.1 Å². The van der Waals surface area contributed by atoms with Crippen molar-refractivity contribution in [2.45, 2.75) is 79.2 Å². The van der Waals surface area contributed by atoms with E-state index in [2.05, 4.69) is 27.7 Å². The monoisotopic (exact) mass is 362 g/mol. The number of rotatable bonds is 10. The first-order chi connectivity index (χ1) is 12.2. The highest BCUT2D eigenvalue weighted by Gasteiger charge is 2.23. The summed E-state index contributed by atoms with van der Waals surface area (Å²) in [6.45, 7) is 10.7. The lowest BCUT2D eigenvalue weighted by Crippen LogP contribution is -2.23. The van der Waals surface area contributed by atoms with Crippen LogP contribution in [0, 0.1) is 5.41 Å². The molecule has 4 nitrogen and oxygen atoms in total. The second-order valence-electron chi connectivity index (χ2n) is 8.08. The van der Waals surface area contributed by atoms with Gasteiger partial charge in [0, 0.05) is 0 Å². The quantitative estimate of drug-likeness (QED) is 0.390. The van der Waals surface area contributed by atoms with E-state index in [9.17, 15) is 9.59 Å². The van der Waals surface area contributed by atoms with Crippen molar-refractivity contribution in [3.05, 3.63) is 35.4 Å². The maximum atomic E-state index is 12.5. The Labute approximate surface area is 158 Å². The van der Waals surface area contributed by atoms with E-state index in [-0.39, 0.29) is 22.6 Å². The Bertz CT molecular complexity index is 572. The first kappa shape index (κ1) is 22.2. The van der Waals surface area contributed by atoms with Crippen LogP contribution in [0.5, 0.6) is 0 Å². The van der Waals surface area contributed by atoms with Gasteiger partial charge in [0.05, 0.1) is 23.8 Å². The molecule has 4 heteroatoms. The molecular formula is C22H34O4. The fraction of sp³-hybridized carbons (Fsp3) is 0.636. The number of esters is 2. The maximum absolute atomic E-state index is 12.5. The minimum atomic E-state index is -0.475. The molecule has 146 valence electrons. The second kappa shape index (κ2) is 11.0. The van der Waals surface area contributed by atoms with Crippen LogP contribution >= 0.6 is 0 Å². The Hall–Kier alpha value is -1.84. The van der Waals surface area contributed by atoms with Gasteiger partial charge in [-0.2, -0.15) is 0 Å². The SMILES string of the molecule is CCCCCCCOC(=O)c1ccccc1C(=O)OC(C)CC(C)(C)C. The van der Waals surface area contributed by atoms with Gasteiger partial charge in [0.1, 0.15) is 0 Å². The molecule has 1 atom stereocenters. The zero-order chi connectivity index (χ0) is 19.6. The average molecular weight is 363 g/mol. The van der Waals surface area contributed by atoms with Gasteiger partial charge in [-0.1, -0.05) is 65.5 Å². The molecule has 0 aliphatic carbocycles. The highest BCUT2D eigenvalue weighted by Crippen LogP contribution is 2.23. The lowest BCUT2D eigenvalue weighted by atomic mass is 9.90. The molecule has 0 saturated heterocycles. The summed E-state index contributed by atoms with van der Waals surface area (Å²) in [6, 6.07) is 6.69. The minimum Gasteiger partial charge on any atom is -0.462 e. The molecule has 0 heterocycles. The molecule has 26 heavy (non-hydrogen) atoms. The van der Waals surface area contributed by atoms with Crippen LogP contribution in [0.4, 0.5) is 0 Å². The molecule has 0 saturated carbocycles. The first-order valence-corrected chi connectivity index (χ1v) is 9.71. The number of ether oxygens (including phenoxy) is 2. The maximum Gasteiger partial charge on any atom is 0.339 e. The Morgan fingerprint density at radius 2 is 1.54 bits per heavy atom. The van der Waals surface area contributed by atoms with Crippen molar-refractivity contribution in [2.75, 3.05) is 6.61 Å². The van der Waals surface area contributed by atoms with E-state index < -0.39 is 11.9 Å². The molecule has 0 aliphatic rings. The summed E-state index contributed by atoms with van der Waals surface area (Å²) in [5, 5.41) is 0. The van der Waals surface area contributed by atoms with Gasteiger partial charge in [0.15, 0.2) is 0 Å². The largest absolute Gasteiger partial charge is 0.462 e. The van der Waals surface area contributed by atoms with Gasteiger partial charge < -0.3 is 9.47 Å². The van der Waals surface area contributed by atoms with Crippen LogP contribution in [0.3, 0.4) is 0 Å². The number of hydrogen-bond acceptors (Lipinski definition) is 4. The molecule has 0 aromatic heterocycles. The van der Waals surface area contributed by atoms with Gasteiger partial charge in [0.2, 0.25) is 0 Å². The molecule has 0 amide bonds. The molecule has 1 aromatic rings. The van der Waals surface area contributed by atoms with Gasteiger partial charge in [-0.05, 0) is 37.3 Å². The van der Waals surface area contributed by atoms with Crippen molar-refractivity contribution in [3.8, 4) is 0 Å². The Kier molecular flexibility index (Phi) is 9.39. The Morgan fingerprint density at radius 3 is 2.12 bits per heavy atom. The van der Waals surface area contributed by atoms with Gasteiger partial charge in [-0.25, -0.2) is 9.59 Å². The molecule has 0 radical (unpaired) electrons. The van der Waals surface area contributed by atoms with E-state index in [1.165, 1.54) is 12.8 Å². The number of carbonyl (C=O) groups excluding carboxylic acids is 2. The average Bonchev–Trinajstić information content (AvgIpc) is 2.56. The van der Waals surface area contributed by atoms with Crippen LogP contribution < -0.4 is 0 Å². The molecular weight excluding hydrogens is 328 g/mol. The number of hydrogen-bond donors (Lipinski definition) is 0. The molecule has 0 spiro atoms. The van der Waals surface area contributed by atoms with Crippen LogP contribution in [0.1, 0.15) is 93.9 Å². The normalized spacial score (nSPS) is 12.5. The third-order valence-electron chi connectivity index (χ3n) is 4.06. The summed E-state index contributed by atoms with van der Waals surface area (Å²) in [5.41, 5.74) is 0.605. The zero-order valence-electron chi connectivity index (χ0n) is 17.0. The van der Waals surface area contributed by atoms with E-state index in [4.69, 9.17) is 9.47 Å². The highest BCUT2D eigenvalue weighted by atomic mass is 16.5. The van der Waals surface area contributed by atoms with Crippen molar-refractivity contribution >= 4 is 11.9 Å². The van der Waals surface area contributed by atoms with E-state index in [0.717, 1.165) is 25.7 Å². The van der Waals surface area contributed by atoms with Crippen LogP contribution in [0.15, 0.2) is 24.3 Å². The standard InChI is InChI=1S/C22H34O4/c1-6-7-8-9-12-15-25-20(23)18-13-10-11-14-19(18)21(24)26-17(2)16-22(3,4)5/h10-11,13-14,17H,6-9,12,15-16H2,1-5H3. The predicted molar refractivity (Wildman–Crippen MR) is 104 cm³/mol. The van der Waals surface area contributed by atoms with Crippen molar-refractivity contribution in [1.29, 1.82) is 0 Å². The predicted octanol–water partition coefficient (Wildman–Crippen LogP) is 5.80. The second-order valence-corrected chi connectivity index (χ2v) is 8.08. The summed E-state index contributed by atoms with van der Waals surface area (Å²) in [4.78, 5) is 24.8. The van der Waals surface area contributed by atoms with Gasteiger partial charge >= 0.3 is 11.9 Å². The van der Waals surface area contributed by atoms with Crippen LogP contribution in [-0.4, -0.2) is 24.6 Å². The zero-order valence-corrected chi connectivity index (χ0v) is 17.0. The Balaban J connectivity index is 2.63. The fourth-order valence-corrected chi connectivity index (χ4v) is 2.94. The summed E-state index contributed by atoms with van der Waals surface area (Å²) >= 11 is 0. The number of benzene rings is 1. The number of unbranched alkanes of at least 4 members (excludes halogenated alkanes) is 4. The number of carbonyl (C=O) groups is 2. The molecule has 0 aliphatic heterocycles. The molecule has 1 rings (SSSR count). The minimum absolute atomic E-state index is 0.0654. The van der Waals surface area contributed by atoms with Crippen molar-refractivity contribution in [2.24, 2.45) is 5.41 Å². The molecule has 0 N–H and O–H groups in total. The third kappa shape index (κ3) is 8.50.